The van der Waals surface area contributed by atoms with Gasteiger partial charge in [0.1, 0.15) is 10.6 Å². The molecule has 10 nitrogen and oxygen atoms in total. The van der Waals surface area contributed by atoms with Crippen molar-refractivity contribution in [2.75, 3.05) is 45.8 Å². The maximum atomic E-state index is 13.1. The molecule has 1 aromatic rings. The van der Waals surface area contributed by atoms with Crippen molar-refractivity contribution in [1.82, 2.24) is 24.6 Å². The van der Waals surface area contributed by atoms with E-state index in [1.54, 1.807) is 13.8 Å². The van der Waals surface area contributed by atoms with E-state index in [2.05, 4.69) is 15.4 Å². The summed E-state index contributed by atoms with van der Waals surface area (Å²) in [5, 5.41) is 6.75. The lowest BCUT2D eigenvalue weighted by Gasteiger charge is -2.38. The van der Waals surface area contributed by atoms with E-state index in [4.69, 9.17) is 4.52 Å². The van der Waals surface area contributed by atoms with Crippen LogP contribution in [0.15, 0.2) is 9.42 Å². The van der Waals surface area contributed by atoms with Crippen LogP contribution in [0.4, 0.5) is 0 Å². The number of carbonyl (C=O) groups excluding carboxylic acids is 2. The van der Waals surface area contributed by atoms with Crippen molar-refractivity contribution in [3.63, 3.8) is 0 Å². The molecule has 4 rings (SSSR count). The average molecular weight is 454 g/mol. The summed E-state index contributed by atoms with van der Waals surface area (Å²) >= 11 is 0. The number of aryl methyl sites for hydroxylation is 2. The number of hydrogen-bond donors (Lipinski definition) is 1. The highest BCUT2D eigenvalue weighted by atomic mass is 32.2. The molecule has 11 heteroatoms. The van der Waals surface area contributed by atoms with E-state index in [0.717, 1.165) is 12.8 Å². The number of nitrogens with one attached hydrogen (secondary N) is 1. The van der Waals surface area contributed by atoms with Crippen LogP contribution in [-0.2, 0) is 19.6 Å². The molecule has 2 amide bonds. The molecule has 0 bridgehead atoms. The molecule has 0 spiro atoms. The van der Waals surface area contributed by atoms with Gasteiger partial charge in [-0.25, -0.2) is 8.42 Å². The van der Waals surface area contributed by atoms with Gasteiger partial charge in [0, 0.05) is 45.3 Å². The molecule has 0 radical (unpaired) electrons. The van der Waals surface area contributed by atoms with Gasteiger partial charge >= 0.3 is 0 Å². The smallest absolute Gasteiger partial charge is 0.248 e. The monoisotopic (exact) mass is 453 g/mol. The first-order valence-corrected chi connectivity index (χ1v) is 12.4. The van der Waals surface area contributed by atoms with E-state index in [-0.39, 0.29) is 34.9 Å². The number of nitrogens with zero attached hydrogens (tertiary/aromatic N) is 4. The third kappa shape index (κ3) is 4.93. The lowest BCUT2D eigenvalue weighted by Crippen LogP contribution is -2.54. The molecule has 1 aromatic heterocycles. The van der Waals surface area contributed by atoms with Crippen molar-refractivity contribution in [2.24, 2.45) is 5.92 Å². The van der Waals surface area contributed by atoms with Crippen molar-refractivity contribution in [3.8, 4) is 0 Å². The van der Waals surface area contributed by atoms with E-state index in [9.17, 15) is 18.0 Å². The molecule has 2 aliphatic heterocycles. The Morgan fingerprint density at radius 1 is 1.10 bits per heavy atom. The summed E-state index contributed by atoms with van der Waals surface area (Å²) in [5.74, 6) is -0.0306. The van der Waals surface area contributed by atoms with Crippen molar-refractivity contribution in [3.05, 3.63) is 11.5 Å². The van der Waals surface area contributed by atoms with Crippen LogP contribution in [0, 0.1) is 19.8 Å². The van der Waals surface area contributed by atoms with Gasteiger partial charge in [-0.1, -0.05) is 5.16 Å². The molecule has 3 heterocycles. The first-order chi connectivity index (χ1) is 14.8. The van der Waals surface area contributed by atoms with Crippen LogP contribution in [0.5, 0.6) is 0 Å². The second-order valence-electron chi connectivity index (χ2n) is 8.80. The summed E-state index contributed by atoms with van der Waals surface area (Å²) in [7, 11) is -3.75. The van der Waals surface area contributed by atoms with Gasteiger partial charge < -0.3 is 14.7 Å². The largest absolute Gasteiger partial charge is 0.360 e. The minimum atomic E-state index is -3.75. The normalized spacial score (nSPS) is 23.7. The van der Waals surface area contributed by atoms with E-state index in [1.807, 2.05) is 4.90 Å². The Morgan fingerprint density at radius 3 is 2.42 bits per heavy atom. The van der Waals surface area contributed by atoms with E-state index >= 15 is 0 Å². The minimum absolute atomic E-state index is 0.000689. The molecule has 172 valence electrons. The first-order valence-electron chi connectivity index (χ1n) is 11.0. The molecule has 31 heavy (non-hydrogen) atoms. The summed E-state index contributed by atoms with van der Waals surface area (Å²) < 4.78 is 32.7. The van der Waals surface area contributed by atoms with Gasteiger partial charge in [-0.15, -0.1) is 0 Å². The molecule has 3 aliphatic rings. The zero-order valence-corrected chi connectivity index (χ0v) is 19.0. The van der Waals surface area contributed by atoms with E-state index < -0.39 is 10.0 Å². The minimum Gasteiger partial charge on any atom is -0.360 e. The molecule has 1 atom stereocenters. The quantitative estimate of drug-likeness (QED) is 0.650. The highest BCUT2D eigenvalue weighted by Gasteiger charge is 2.38. The number of carbonyl (C=O) groups is 2. The van der Waals surface area contributed by atoms with Gasteiger partial charge in [0.25, 0.3) is 0 Å². The fraction of sp³-hybridized carbons (Fsp3) is 0.750. The van der Waals surface area contributed by atoms with Crippen molar-refractivity contribution < 1.29 is 22.5 Å². The molecule has 1 saturated carbocycles. The van der Waals surface area contributed by atoms with Gasteiger partial charge in [0.15, 0.2) is 5.76 Å². The SMILES string of the molecule is Cc1noc(C)c1S(=O)(=O)N1CCCC(C(=O)N2CCN(CC(=O)NC3CC3)CC2)C1. The maximum Gasteiger partial charge on any atom is 0.248 e. The fourth-order valence-electron chi connectivity index (χ4n) is 4.42. The van der Waals surface area contributed by atoms with Crippen LogP contribution < -0.4 is 5.32 Å². The Morgan fingerprint density at radius 2 is 1.81 bits per heavy atom. The van der Waals surface area contributed by atoms with Gasteiger partial charge in [0.2, 0.25) is 21.8 Å². The predicted molar refractivity (Wildman–Crippen MR) is 112 cm³/mol. The summed E-state index contributed by atoms with van der Waals surface area (Å²) in [6.07, 6.45) is 3.45. The number of rotatable bonds is 6. The molecule has 2 saturated heterocycles. The second kappa shape index (κ2) is 8.87. The van der Waals surface area contributed by atoms with Crippen LogP contribution in [-0.4, -0.2) is 91.3 Å². The van der Waals surface area contributed by atoms with Crippen molar-refractivity contribution >= 4 is 21.8 Å². The van der Waals surface area contributed by atoms with Gasteiger partial charge in [-0.3, -0.25) is 14.5 Å². The fourth-order valence-corrected chi connectivity index (χ4v) is 6.24. The lowest BCUT2D eigenvalue weighted by molar-refractivity contribution is -0.138. The summed E-state index contributed by atoms with van der Waals surface area (Å²) in [6.45, 7) is 6.55. The number of amides is 2. The third-order valence-electron chi connectivity index (χ3n) is 6.29. The molecular weight excluding hydrogens is 422 g/mol. The van der Waals surface area contributed by atoms with Gasteiger partial charge in [-0.2, -0.15) is 4.31 Å². The topological polar surface area (TPSA) is 116 Å². The number of piperidine rings is 1. The zero-order valence-electron chi connectivity index (χ0n) is 18.2. The Balaban J connectivity index is 1.32. The van der Waals surface area contributed by atoms with Crippen LogP contribution in [0.25, 0.3) is 0 Å². The second-order valence-corrected chi connectivity index (χ2v) is 10.7. The van der Waals surface area contributed by atoms with E-state index in [1.165, 1.54) is 4.31 Å². The third-order valence-corrected chi connectivity index (χ3v) is 8.40. The number of hydrogen-bond acceptors (Lipinski definition) is 7. The average Bonchev–Trinajstić information content (AvgIpc) is 3.49. The van der Waals surface area contributed by atoms with Crippen molar-refractivity contribution in [1.29, 1.82) is 0 Å². The standard InChI is InChI=1S/C20H31N5O5S/c1-14-19(15(2)30-22-14)31(28,29)25-7-3-4-16(12-25)20(27)24-10-8-23(9-11-24)13-18(26)21-17-5-6-17/h16-17H,3-13H2,1-2H3,(H,21,26). The maximum absolute atomic E-state index is 13.1. The predicted octanol–water partition coefficient (Wildman–Crippen LogP) is 0.115. The number of sulfonamides is 1. The molecule has 1 N–H and O–H groups in total. The van der Waals surface area contributed by atoms with Crippen LogP contribution in [0.3, 0.4) is 0 Å². The Hall–Kier alpha value is -1.98. The summed E-state index contributed by atoms with van der Waals surface area (Å²) in [5.41, 5.74) is 0.341. The summed E-state index contributed by atoms with van der Waals surface area (Å²) in [6, 6.07) is 0.353. The zero-order chi connectivity index (χ0) is 22.2. The van der Waals surface area contributed by atoms with Crippen LogP contribution in [0.2, 0.25) is 0 Å². The highest BCUT2D eigenvalue weighted by Crippen LogP contribution is 2.28. The first kappa shape index (κ1) is 22.2. The van der Waals surface area contributed by atoms with Gasteiger partial charge in [-0.05, 0) is 39.5 Å². The lowest BCUT2D eigenvalue weighted by atomic mass is 9.98. The molecule has 1 unspecified atom stereocenters. The number of piperazine rings is 1. The molecule has 3 fully saturated rings. The van der Waals surface area contributed by atoms with Crippen molar-refractivity contribution in [2.45, 2.75) is 50.5 Å². The molecule has 0 aromatic carbocycles. The highest BCUT2D eigenvalue weighted by molar-refractivity contribution is 7.89. The Labute approximate surface area is 182 Å². The van der Waals surface area contributed by atoms with Gasteiger partial charge in [0.05, 0.1) is 12.5 Å². The number of aromatic nitrogens is 1. The Kier molecular flexibility index (Phi) is 6.36. The summed E-state index contributed by atoms with van der Waals surface area (Å²) in [4.78, 5) is 29.1. The molecular formula is C20H31N5O5S. The van der Waals surface area contributed by atoms with Crippen LogP contribution >= 0.6 is 0 Å². The molecule has 1 aliphatic carbocycles. The van der Waals surface area contributed by atoms with E-state index in [0.29, 0.717) is 63.8 Å². The van der Waals surface area contributed by atoms with Crippen LogP contribution in [0.1, 0.15) is 37.1 Å². The Bertz CT molecular complexity index is 914.